The van der Waals surface area contributed by atoms with Crippen molar-refractivity contribution < 1.29 is 9.31 Å². The van der Waals surface area contributed by atoms with E-state index < -0.39 is 16.5 Å². The highest BCUT2D eigenvalue weighted by Crippen LogP contribution is 2.17. The Morgan fingerprint density at radius 1 is 1.47 bits per heavy atom. The topological polar surface area (TPSA) is 120 Å². The summed E-state index contributed by atoms with van der Waals surface area (Å²) in [5, 5.41) is 13.2. The van der Waals surface area contributed by atoms with Crippen LogP contribution in [0.3, 0.4) is 0 Å². The molecule has 0 spiro atoms. The molecule has 19 heavy (non-hydrogen) atoms. The number of rotatable bonds is 3. The first kappa shape index (κ1) is 13.0. The van der Waals surface area contributed by atoms with E-state index in [9.17, 15) is 14.5 Å². The molecule has 1 unspecified atom stereocenters. The zero-order chi connectivity index (χ0) is 14.0. The molecule has 1 aliphatic heterocycles. The van der Waals surface area contributed by atoms with E-state index in [-0.39, 0.29) is 18.0 Å². The van der Waals surface area contributed by atoms with Crippen LogP contribution in [0.2, 0.25) is 0 Å². The average molecular weight is 265 g/mol. The number of halogens is 1. The van der Waals surface area contributed by atoms with E-state index >= 15 is 0 Å². The molecule has 1 aliphatic rings. The minimum absolute atomic E-state index is 0.0157. The number of hydrogen-bond acceptors (Lipinski definition) is 6. The Hall–Kier alpha value is -2.48. The summed E-state index contributed by atoms with van der Waals surface area (Å²) in [4.78, 5) is 13.8. The maximum absolute atomic E-state index is 13.5. The third-order valence-electron chi connectivity index (χ3n) is 2.66. The number of benzene rings is 1. The summed E-state index contributed by atoms with van der Waals surface area (Å²) in [5.41, 5.74) is 11.3. The fraction of sp³-hybridized carbons (Fsp3) is 0.182. The Balaban J connectivity index is 2.24. The van der Waals surface area contributed by atoms with Gasteiger partial charge >= 0.3 is 5.70 Å². The van der Waals surface area contributed by atoms with Crippen molar-refractivity contribution in [2.45, 2.75) is 12.2 Å². The van der Waals surface area contributed by atoms with Crippen LogP contribution < -0.4 is 16.8 Å². The zero-order valence-electron chi connectivity index (χ0n) is 9.84. The molecule has 0 aromatic heterocycles. The van der Waals surface area contributed by atoms with Crippen LogP contribution >= 0.6 is 0 Å². The molecule has 5 N–H and O–H groups in total. The summed E-state index contributed by atoms with van der Waals surface area (Å²) >= 11 is 0. The predicted octanol–water partition coefficient (Wildman–Crippen LogP) is 0.0592. The second-order valence-electron chi connectivity index (χ2n) is 4.12. The van der Waals surface area contributed by atoms with Crippen molar-refractivity contribution in [3.8, 4) is 0 Å². The van der Waals surface area contributed by atoms with Crippen molar-refractivity contribution in [1.29, 1.82) is 0 Å². The summed E-state index contributed by atoms with van der Waals surface area (Å²) in [6, 6.07) is 6.08. The fourth-order valence-electron chi connectivity index (χ4n) is 1.74. The van der Waals surface area contributed by atoms with Crippen molar-refractivity contribution >= 4 is 5.84 Å². The normalized spacial score (nSPS) is 22.2. The van der Waals surface area contributed by atoms with Crippen LogP contribution in [-0.4, -0.2) is 16.5 Å². The first-order chi connectivity index (χ1) is 8.91. The molecule has 2 rings (SSSR count). The second-order valence-corrected chi connectivity index (χ2v) is 4.12. The summed E-state index contributed by atoms with van der Waals surface area (Å²) in [7, 11) is 0. The van der Waals surface area contributed by atoms with Gasteiger partial charge in [0.05, 0.1) is 11.1 Å². The van der Waals surface area contributed by atoms with E-state index in [4.69, 9.17) is 11.5 Å². The van der Waals surface area contributed by atoms with Crippen LogP contribution in [0.25, 0.3) is 0 Å². The summed E-state index contributed by atoms with van der Waals surface area (Å²) in [6.45, 7) is 0. The molecular weight excluding hydrogens is 253 g/mol. The van der Waals surface area contributed by atoms with Gasteiger partial charge in [-0.3, -0.25) is 15.8 Å². The number of hydrogen-bond donors (Lipinski definition) is 3. The largest absolute Gasteiger partial charge is 0.378 e. The highest BCUT2D eigenvalue weighted by atomic mass is 19.1. The van der Waals surface area contributed by atoms with Crippen LogP contribution in [0.15, 0.2) is 41.2 Å². The molecule has 100 valence electrons. The number of nitrogens with two attached hydrogens (primary N) is 2. The van der Waals surface area contributed by atoms with Gasteiger partial charge in [0.15, 0.2) is 5.79 Å². The van der Waals surface area contributed by atoms with Crippen LogP contribution in [0.5, 0.6) is 0 Å². The lowest BCUT2D eigenvalue weighted by Gasteiger charge is -2.28. The molecule has 1 atom stereocenters. The van der Waals surface area contributed by atoms with Crippen LogP contribution in [-0.2, 0) is 6.42 Å². The van der Waals surface area contributed by atoms with E-state index in [2.05, 4.69) is 10.3 Å². The minimum Gasteiger partial charge on any atom is -0.378 e. The summed E-state index contributed by atoms with van der Waals surface area (Å²) in [6.07, 6.45) is 1.09. The molecule has 8 heteroatoms. The van der Waals surface area contributed by atoms with E-state index in [0.717, 1.165) is 6.20 Å². The molecule has 1 aromatic rings. The van der Waals surface area contributed by atoms with Gasteiger partial charge in [-0.05, 0) is 11.6 Å². The molecule has 1 aromatic carbocycles. The summed E-state index contributed by atoms with van der Waals surface area (Å²) in [5.74, 6) is -2.11. The van der Waals surface area contributed by atoms with E-state index in [1.807, 2.05) is 0 Å². The lowest BCUT2D eigenvalue weighted by atomic mass is 10.1. The molecule has 0 radical (unpaired) electrons. The minimum atomic E-state index is -1.40. The van der Waals surface area contributed by atoms with E-state index in [1.165, 1.54) is 6.07 Å². The number of aliphatic imine (C=N–C) groups is 1. The average Bonchev–Trinajstić information content (AvgIpc) is 2.31. The Morgan fingerprint density at radius 2 is 2.16 bits per heavy atom. The SMILES string of the molecule is NC1=NC(N)(Cc2ccccc2F)NC=C1[N+](=O)[O-]. The van der Waals surface area contributed by atoms with Crippen LogP contribution in [0.1, 0.15) is 5.56 Å². The van der Waals surface area contributed by atoms with Gasteiger partial charge in [-0.25, -0.2) is 9.38 Å². The maximum atomic E-state index is 13.5. The van der Waals surface area contributed by atoms with Gasteiger partial charge in [0, 0.05) is 6.42 Å². The van der Waals surface area contributed by atoms with Crippen molar-refractivity contribution in [2.24, 2.45) is 16.5 Å². The van der Waals surface area contributed by atoms with Crippen molar-refractivity contribution in [1.82, 2.24) is 5.32 Å². The third-order valence-corrected chi connectivity index (χ3v) is 2.66. The van der Waals surface area contributed by atoms with Crippen molar-refractivity contribution in [2.75, 3.05) is 0 Å². The van der Waals surface area contributed by atoms with Crippen molar-refractivity contribution in [3.63, 3.8) is 0 Å². The fourth-order valence-corrected chi connectivity index (χ4v) is 1.74. The second kappa shape index (κ2) is 4.65. The Morgan fingerprint density at radius 3 is 2.74 bits per heavy atom. The maximum Gasteiger partial charge on any atom is 0.326 e. The van der Waals surface area contributed by atoms with E-state index in [1.54, 1.807) is 18.2 Å². The Labute approximate surface area is 108 Å². The molecule has 0 amide bonds. The van der Waals surface area contributed by atoms with Crippen molar-refractivity contribution in [3.05, 3.63) is 57.7 Å². The molecule has 0 saturated carbocycles. The molecular formula is C11H12FN5O2. The van der Waals surface area contributed by atoms with Gasteiger partial charge in [-0.1, -0.05) is 18.2 Å². The molecule has 0 fully saturated rings. The quantitative estimate of drug-likeness (QED) is 0.527. The number of nitrogens with one attached hydrogen (secondary N) is 1. The lowest BCUT2D eigenvalue weighted by molar-refractivity contribution is -0.416. The monoisotopic (exact) mass is 265 g/mol. The first-order valence-electron chi connectivity index (χ1n) is 5.41. The third kappa shape index (κ3) is 2.68. The number of amidine groups is 1. The van der Waals surface area contributed by atoms with Gasteiger partial charge in [-0.2, -0.15) is 0 Å². The first-order valence-corrected chi connectivity index (χ1v) is 5.41. The highest BCUT2D eigenvalue weighted by molar-refractivity contribution is 5.95. The molecule has 0 saturated heterocycles. The summed E-state index contributed by atoms with van der Waals surface area (Å²) < 4.78 is 13.5. The Bertz CT molecular complexity index is 586. The molecule has 7 nitrogen and oxygen atoms in total. The van der Waals surface area contributed by atoms with Crippen LogP contribution in [0.4, 0.5) is 4.39 Å². The molecule has 0 aliphatic carbocycles. The smallest absolute Gasteiger partial charge is 0.326 e. The van der Waals surface area contributed by atoms with Gasteiger partial charge in [0.25, 0.3) is 0 Å². The van der Waals surface area contributed by atoms with Gasteiger partial charge in [-0.15, -0.1) is 0 Å². The predicted molar refractivity (Wildman–Crippen MR) is 66.9 cm³/mol. The molecule has 1 heterocycles. The van der Waals surface area contributed by atoms with Gasteiger partial charge in [0.2, 0.25) is 5.84 Å². The standard InChI is InChI=1S/C11H12FN5O2/c12-8-4-2-1-3-7(8)5-11(14)15-6-9(17(18)19)10(13)16-11/h1-4,6,15H,5,14H2,(H2,13,16). The lowest BCUT2D eigenvalue weighted by Crippen LogP contribution is -2.55. The number of nitro groups is 1. The zero-order valence-corrected chi connectivity index (χ0v) is 9.84. The number of nitrogens with zero attached hydrogens (tertiary/aromatic N) is 2. The van der Waals surface area contributed by atoms with E-state index in [0.29, 0.717) is 5.56 Å². The van der Waals surface area contributed by atoms with Gasteiger partial charge < -0.3 is 11.1 Å². The Kier molecular flexibility index (Phi) is 3.17. The van der Waals surface area contributed by atoms with Crippen LogP contribution in [0, 0.1) is 15.9 Å². The molecule has 0 bridgehead atoms. The highest BCUT2D eigenvalue weighted by Gasteiger charge is 2.32. The van der Waals surface area contributed by atoms with Gasteiger partial charge in [0.1, 0.15) is 5.82 Å².